The molecule has 0 unspecified atom stereocenters. The third-order valence-electron chi connectivity index (χ3n) is 3.74. The molecule has 0 fully saturated rings. The van der Waals surface area contributed by atoms with Crippen molar-refractivity contribution >= 4 is 29.5 Å². The second-order valence-electron chi connectivity index (χ2n) is 6.25. The molecule has 0 bridgehead atoms. The van der Waals surface area contributed by atoms with E-state index < -0.39 is 24.0 Å². The van der Waals surface area contributed by atoms with Crippen LogP contribution in [0, 0.1) is 12.8 Å². The van der Waals surface area contributed by atoms with E-state index >= 15 is 0 Å². The second-order valence-corrected chi connectivity index (χ2v) is 7.23. The van der Waals surface area contributed by atoms with E-state index in [2.05, 4.69) is 10.6 Å². The lowest BCUT2D eigenvalue weighted by atomic mass is 10.0. The molecule has 0 radical (unpaired) electrons. The van der Waals surface area contributed by atoms with Gasteiger partial charge in [0.15, 0.2) is 0 Å². The summed E-state index contributed by atoms with van der Waals surface area (Å²) < 4.78 is 0. The number of carbonyl (C=O) groups excluding carboxylic acids is 2. The van der Waals surface area contributed by atoms with E-state index in [-0.39, 0.29) is 11.8 Å². The van der Waals surface area contributed by atoms with Crippen molar-refractivity contribution in [3.05, 3.63) is 35.4 Å². The lowest BCUT2D eigenvalue weighted by Gasteiger charge is -2.24. The Labute approximate surface area is 152 Å². The lowest BCUT2D eigenvalue weighted by molar-refractivity contribution is -0.142. The van der Waals surface area contributed by atoms with Crippen molar-refractivity contribution in [1.82, 2.24) is 10.6 Å². The number of aliphatic carboxylic acids is 1. The van der Waals surface area contributed by atoms with Crippen molar-refractivity contribution in [1.29, 1.82) is 0 Å². The number of thioether (sulfide) groups is 1. The van der Waals surface area contributed by atoms with Crippen LogP contribution in [0.1, 0.15) is 36.2 Å². The smallest absolute Gasteiger partial charge is 0.326 e. The molecule has 3 N–H and O–H groups in total. The van der Waals surface area contributed by atoms with Gasteiger partial charge in [0.25, 0.3) is 5.91 Å². The van der Waals surface area contributed by atoms with E-state index in [0.29, 0.717) is 17.7 Å². The monoisotopic (exact) mass is 366 g/mol. The Bertz CT molecular complexity index is 619. The highest BCUT2D eigenvalue weighted by Gasteiger charge is 2.28. The van der Waals surface area contributed by atoms with Crippen LogP contribution in [-0.4, -0.2) is 47.0 Å². The van der Waals surface area contributed by atoms with Crippen molar-refractivity contribution in [2.45, 2.75) is 39.3 Å². The molecule has 1 aromatic carbocycles. The molecule has 0 saturated carbocycles. The fraction of sp³-hybridized carbons (Fsp3) is 0.500. The first-order valence-corrected chi connectivity index (χ1v) is 9.55. The maximum absolute atomic E-state index is 12.5. The second kappa shape index (κ2) is 10.1. The molecule has 0 aliphatic heterocycles. The number of rotatable bonds is 9. The third kappa shape index (κ3) is 6.78. The number of carboxylic acid groups (broad SMARTS) is 1. The Balaban J connectivity index is 2.82. The zero-order valence-electron chi connectivity index (χ0n) is 15.0. The minimum absolute atomic E-state index is 0.177. The van der Waals surface area contributed by atoms with Gasteiger partial charge in [-0.05, 0) is 43.4 Å². The van der Waals surface area contributed by atoms with E-state index in [1.165, 1.54) is 11.8 Å². The normalized spacial score (nSPS) is 13.2. The van der Waals surface area contributed by atoms with Crippen LogP contribution in [0.4, 0.5) is 0 Å². The molecule has 1 aromatic rings. The van der Waals surface area contributed by atoms with Gasteiger partial charge in [-0.15, -0.1) is 0 Å². The van der Waals surface area contributed by atoms with Gasteiger partial charge in [-0.2, -0.15) is 11.8 Å². The zero-order valence-corrected chi connectivity index (χ0v) is 15.9. The van der Waals surface area contributed by atoms with Gasteiger partial charge in [0.1, 0.15) is 12.1 Å². The fourth-order valence-electron chi connectivity index (χ4n) is 2.30. The number of carbonyl (C=O) groups is 3. The number of hydrogen-bond acceptors (Lipinski definition) is 4. The number of benzene rings is 1. The van der Waals surface area contributed by atoms with Crippen LogP contribution in [0.25, 0.3) is 0 Å². The summed E-state index contributed by atoms with van der Waals surface area (Å²) in [6.07, 6.45) is 2.21. The van der Waals surface area contributed by atoms with Crippen LogP contribution in [0.3, 0.4) is 0 Å². The molecular formula is C18H26N2O4S. The average molecular weight is 366 g/mol. The largest absolute Gasteiger partial charge is 0.480 e. The van der Waals surface area contributed by atoms with Crippen LogP contribution < -0.4 is 10.6 Å². The number of hydrogen-bond donors (Lipinski definition) is 3. The Morgan fingerprint density at radius 1 is 1.20 bits per heavy atom. The van der Waals surface area contributed by atoms with Gasteiger partial charge in [-0.25, -0.2) is 4.79 Å². The summed E-state index contributed by atoms with van der Waals surface area (Å²) in [5.41, 5.74) is 1.41. The Morgan fingerprint density at radius 2 is 1.88 bits per heavy atom. The first-order chi connectivity index (χ1) is 11.8. The molecule has 0 aliphatic rings. The molecule has 0 spiro atoms. The number of nitrogens with one attached hydrogen (secondary N) is 2. The summed E-state index contributed by atoms with van der Waals surface area (Å²) in [7, 11) is 0. The molecule has 0 saturated heterocycles. The van der Waals surface area contributed by atoms with Gasteiger partial charge in [0, 0.05) is 5.56 Å². The van der Waals surface area contributed by atoms with Crippen LogP contribution >= 0.6 is 11.8 Å². The quantitative estimate of drug-likeness (QED) is 0.622. The molecule has 2 amide bonds. The summed E-state index contributed by atoms with van der Waals surface area (Å²) in [4.78, 5) is 36.2. The SMILES string of the molecule is CSCC[C@H](NC(=O)[C@H](NC(=O)c1cccc(C)c1)C(C)C)C(=O)O. The molecule has 1 rings (SSSR count). The first-order valence-electron chi connectivity index (χ1n) is 8.16. The van der Waals surface area contributed by atoms with Gasteiger partial charge < -0.3 is 15.7 Å². The summed E-state index contributed by atoms with van der Waals surface area (Å²) in [5.74, 6) is -1.46. The predicted octanol–water partition coefficient (Wildman–Crippen LogP) is 2.07. The molecule has 0 heterocycles. The molecule has 2 atom stereocenters. The summed E-state index contributed by atoms with van der Waals surface area (Å²) in [6, 6.07) is 5.31. The highest BCUT2D eigenvalue weighted by molar-refractivity contribution is 7.98. The highest BCUT2D eigenvalue weighted by atomic mass is 32.2. The first kappa shape index (κ1) is 21.0. The van der Waals surface area contributed by atoms with Crippen molar-refractivity contribution in [3.63, 3.8) is 0 Å². The van der Waals surface area contributed by atoms with Gasteiger partial charge >= 0.3 is 5.97 Å². The van der Waals surface area contributed by atoms with Gasteiger partial charge in [-0.3, -0.25) is 9.59 Å². The molecule has 138 valence electrons. The maximum atomic E-state index is 12.5. The zero-order chi connectivity index (χ0) is 19.0. The maximum Gasteiger partial charge on any atom is 0.326 e. The van der Waals surface area contributed by atoms with E-state index in [1.807, 2.05) is 19.2 Å². The van der Waals surface area contributed by atoms with Crippen molar-refractivity contribution in [3.8, 4) is 0 Å². The standard InChI is InChI=1S/C18H26N2O4S/c1-11(2)15(17(22)19-14(18(23)24)8-9-25-4)20-16(21)13-7-5-6-12(3)10-13/h5-7,10-11,14-15H,8-9H2,1-4H3,(H,19,22)(H,20,21)(H,23,24)/t14-,15+/m0/s1. The van der Waals surface area contributed by atoms with Crippen molar-refractivity contribution in [2.24, 2.45) is 5.92 Å². The molecule has 0 aromatic heterocycles. The Kier molecular flexibility index (Phi) is 8.48. The molecule has 6 nitrogen and oxygen atoms in total. The molecule has 7 heteroatoms. The van der Waals surface area contributed by atoms with Crippen LogP contribution in [0.5, 0.6) is 0 Å². The Hall–Kier alpha value is -2.02. The predicted molar refractivity (Wildman–Crippen MR) is 99.8 cm³/mol. The van der Waals surface area contributed by atoms with E-state index in [1.54, 1.807) is 32.0 Å². The number of aryl methyl sites for hydroxylation is 1. The van der Waals surface area contributed by atoms with Crippen LogP contribution in [0.2, 0.25) is 0 Å². The van der Waals surface area contributed by atoms with E-state index in [9.17, 15) is 19.5 Å². The lowest BCUT2D eigenvalue weighted by Crippen LogP contribution is -2.53. The van der Waals surface area contributed by atoms with E-state index in [4.69, 9.17) is 0 Å². The van der Waals surface area contributed by atoms with Gasteiger partial charge in [-0.1, -0.05) is 31.5 Å². The van der Waals surface area contributed by atoms with Gasteiger partial charge in [0.2, 0.25) is 5.91 Å². The van der Waals surface area contributed by atoms with Crippen molar-refractivity contribution in [2.75, 3.05) is 12.0 Å². The summed E-state index contributed by atoms with van der Waals surface area (Å²) in [5, 5.41) is 14.5. The van der Waals surface area contributed by atoms with E-state index in [0.717, 1.165) is 5.56 Å². The summed E-state index contributed by atoms with van der Waals surface area (Å²) >= 11 is 1.51. The minimum Gasteiger partial charge on any atom is -0.480 e. The third-order valence-corrected chi connectivity index (χ3v) is 4.39. The van der Waals surface area contributed by atoms with Gasteiger partial charge in [0.05, 0.1) is 0 Å². The number of amides is 2. The molecular weight excluding hydrogens is 340 g/mol. The average Bonchev–Trinajstić information content (AvgIpc) is 2.55. The minimum atomic E-state index is -1.07. The summed E-state index contributed by atoms with van der Waals surface area (Å²) in [6.45, 7) is 5.49. The highest BCUT2D eigenvalue weighted by Crippen LogP contribution is 2.09. The van der Waals surface area contributed by atoms with Crippen molar-refractivity contribution < 1.29 is 19.5 Å². The number of carboxylic acids is 1. The van der Waals surface area contributed by atoms with Crippen LogP contribution in [-0.2, 0) is 9.59 Å². The fourth-order valence-corrected chi connectivity index (χ4v) is 2.77. The topological polar surface area (TPSA) is 95.5 Å². The van der Waals surface area contributed by atoms with Crippen LogP contribution in [0.15, 0.2) is 24.3 Å². The molecule has 0 aliphatic carbocycles. The molecule has 25 heavy (non-hydrogen) atoms. The Morgan fingerprint density at radius 3 is 2.40 bits per heavy atom.